The SMILES string of the molecule is Cc1nccn1-c1ccc(S)cc1. The van der Waals surface area contributed by atoms with E-state index in [1.54, 1.807) is 6.20 Å². The van der Waals surface area contributed by atoms with Crippen molar-refractivity contribution in [2.45, 2.75) is 11.8 Å². The van der Waals surface area contributed by atoms with Gasteiger partial charge in [-0.05, 0) is 31.2 Å². The molecule has 2 aromatic rings. The normalized spacial score (nSPS) is 10.3. The van der Waals surface area contributed by atoms with Crippen molar-refractivity contribution in [3.63, 3.8) is 0 Å². The van der Waals surface area contributed by atoms with Crippen LogP contribution in [0.5, 0.6) is 0 Å². The van der Waals surface area contributed by atoms with Crippen LogP contribution in [0.3, 0.4) is 0 Å². The molecular formula is C10H10N2S. The molecule has 0 aliphatic carbocycles. The maximum Gasteiger partial charge on any atom is 0.110 e. The van der Waals surface area contributed by atoms with Crippen molar-refractivity contribution < 1.29 is 0 Å². The molecule has 0 bridgehead atoms. The van der Waals surface area contributed by atoms with Crippen LogP contribution in [-0.4, -0.2) is 9.55 Å². The summed E-state index contributed by atoms with van der Waals surface area (Å²) in [6.07, 6.45) is 3.74. The van der Waals surface area contributed by atoms with E-state index < -0.39 is 0 Å². The van der Waals surface area contributed by atoms with E-state index in [0.29, 0.717) is 0 Å². The van der Waals surface area contributed by atoms with Gasteiger partial charge >= 0.3 is 0 Å². The first kappa shape index (κ1) is 8.38. The van der Waals surface area contributed by atoms with Crippen molar-refractivity contribution in [2.24, 2.45) is 0 Å². The molecule has 0 atom stereocenters. The van der Waals surface area contributed by atoms with E-state index in [2.05, 4.69) is 17.6 Å². The van der Waals surface area contributed by atoms with E-state index in [9.17, 15) is 0 Å². The quantitative estimate of drug-likeness (QED) is 0.684. The fraction of sp³-hybridized carbons (Fsp3) is 0.100. The molecule has 0 aliphatic heterocycles. The van der Waals surface area contributed by atoms with Gasteiger partial charge in [-0.1, -0.05) is 0 Å². The van der Waals surface area contributed by atoms with Gasteiger partial charge < -0.3 is 4.57 Å². The van der Waals surface area contributed by atoms with Gasteiger partial charge in [-0.15, -0.1) is 12.6 Å². The minimum absolute atomic E-state index is 0.974. The first-order valence-corrected chi connectivity index (χ1v) is 4.51. The number of benzene rings is 1. The van der Waals surface area contributed by atoms with E-state index in [4.69, 9.17) is 0 Å². The zero-order valence-corrected chi connectivity index (χ0v) is 8.20. The molecular weight excluding hydrogens is 180 g/mol. The third-order valence-electron chi connectivity index (χ3n) is 1.95. The molecule has 0 unspecified atom stereocenters. The number of rotatable bonds is 1. The van der Waals surface area contributed by atoms with Crippen molar-refractivity contribution in [3.05, 3.63) is 42.5 Å². The summed E-state index contributed by atoms with van der Waals surface area (Å²) in [4.78, 5) is 5.13. The fourth-order valence-electron chi connectivity index (χ4n) is 1.26. The van der Waals surface area contributed by atoms with E-state index in [1.807, 2.05) is 42.0 Å². The van der Waals surface area contributed by atoms with Gasteiger partial charge in [-0.2, -0.15) is 0 Å². The highest BCUT2D eigenvalue weighted by Gasteiger charge is 1.98. The van der Waals surface area contributed by atoms with Gasteiger partial charge in [-0.3, -0.25) is 0 Å². The predicted molar refractivity (Wildman–Crippen MR) is 55.6 cm³/mol. The van der Waals surface area contributed by atoms with Crippen molar-refractivity contribution in [2.75, 3.05) is 0 Å². The van der Waals surface area contributed by atoms with Crippen molar-refractivity contribution in [1.29, 1.82) is 0 Å². The summed E-state index contributed by atoms with van der Waals surface area (Å²) in [5.41, 5.74) is 1.12. The average Bonchev–Trinajstić information content (AvgIpc) is 2.53. The third-order valence-corrected chi connectivity index (χ3v) is 2.25. The summed E-state index contributed by atoms with van der Waals surface area (Å²) in [6.45, 7) is 1.98. The fourth-order valence-corrected chi connectivity index (χ4v) is 1.41. The second-order valence-corrected chi connectivity index (χ2v) is 3.38. The Balaban J connectivity index is 2.47. The highest BCUT2D eigenvalue weighted by atomic mass is 32.1. The molecule has 1 heterocycles. The van der Waals surface area contributed by atoms with Gasteiger partial charge in [0.1, 0.15) is 5.82 Å². The molecule has 3 heteroatoms. The van der Waals surface area contributed by atoms with Gasteiger partial charge in [0.15, 0.2) is 0 Å². The van der Waals surface area contributed by atoms with Crippen LogP contribution in [0.2, 0.25) is 0 Å². The highest BCUT2D eigenvalue weighted by Crippen LogP contribution is 2.13. The van der Waals surface area contributed by atoms with E-state index >= 15 is 0 Å². The van der Waals surface area contributed by atoms with Crippen LogP contribution in [0, 0.1) is 6.92 Å². The number of hydrogen-bond acceptors (Lipinski definition) is 2. The van der Waals surface area contributed by atoms with Crippen LogP contribution in [-0.2, 0) is 0 Å². The smallest absolute Gasteiger partial charge is 0.110 e. The summed E-state index contributed by atoms with van der Waals surface area (Å²) >= 11 is 4.23. The summed E-state index contributed by atoms with van der Waals surface area (Å²) < 4.78 is 2.03. The van der Waals surface area contributed by atoms with E-state index in [1.165, 1.54) is 0 Å². The van der Waals surface area contributed by atoms with Crippen LogP contribution in [0.4, 0.5) is 0 Å². The van der Waals surface area contributed by atoms with Gasteiger partial charge in [0.2, 0.25) is 0 Å². The lowest BCUT2D eigenvalue weighted by molar-refractivity contribution is 0.973. The lowest BCUT2D eigenvalue weighted by Gasteiger charge is -2.04. The molecule has 0 N–H and O–H groups in total. The molecule has 0 radical (unpaired) electrons. The maximum atomic E-state index is 4.23. The summed E-state index contributed by atoms with van der Waals surface area (Å²) in [5.74, 6) is 0.993. The molecule has 0 spiro atoms. The van der Waals surface area contributed by atoms with Gasteiger partial charge in [0.25, 0.3) is 0 Å². The summed E-state index contributed by atoms with van der Waals surface area (Å²) in [7, 11) is 0. The monoisotopic (exact) mass is 190 g/mol. The Morgan fingerprint density at radius 1 is 1.23 bits per heavy atom. The maximum absolute atomic E-state index is 4.23. The first-order chi connectivity index (χ1) is 6.27. The van der Waals surface area contributed by atoms with Crippen molar-refractivity contribution in [1.82, 2.24) is 9.55 Å². The Morgan fingerprint density at radius 3 is 2.46 bits per heavy atom. The van der Waals surface area contributed by atoms with Crippen LogP contribution < -0.4 is 0 Å². The molecule has 1 aromatic carbocycles. The number of aryl methyl sites for hydroxylation is 1. The van der Waals surface area contributed by atoms with E-state index in [0.717, 1.165) is 16.4 Å². The number of aromatic nitrogens is 2. The minimum atomic E-state index is 0.974. The van der Waals surface area contributed by atoms with Crippen molar-refractivity contribution in [3.8, 4) is 5.69 Å². The molecule has 1 aromatic heterocycles. The first-order valence-electron chi connectivity index (χ1n) is 4.07. The number of thiol groups is 1. The Hall–Kier alpha value is -1.22. The lowest BCUT2D eigenvalue weighted by Crippen LogP contribution is -1.94. The Labute approximate surface area is 82.6 Å². The minimum Gasteiger partial charge on any atom is -0.304 e. The summed E-state index contributed by atoms with van der Waals surface area (Å²) in [6, 6.07) is 7.99. The molecule has 13 heavy (non-hydrogen) atoms. The molecule has 0 saturated heterocycles. The second kappa shape index (κ2) is 3.26. The van der Waals surface area contributed by atoms with Crippen LogP contribution in [0.25, 0.3) is 5.69 Å². The Kier molecular flexibility index (Phi) is 2.10. The van der Waals surface area contributed by atoms with E-state index in [-0.39, 0.29) is 0 Å². The van der Waals surface area contributed by atoms with Gasteiger partial charge in [-0.25, -0.2) is 4.98 Å². The highest BCUT2D eigenvalue weighted by molar-refractivity contribution is 7.80. The molecule has 2 nitrogen and oxygen atoms in total. The average molecular weight is 190 g/mol. The molecule has 0 fully saturated rings. The number of nitrogens with zero attached hydrogens (tertiary/aromatic N) is 2. The Bertz CT molecular complexity index is 403. The molecule has 0 aliphatic rings. The lowest BCUT2D eigenvalue weighted by atomic mass is 10.3. The van der Waals surface area contributed by atoms with Crippen molar-refractivity contribution >= 4 is 12.6 Å². The molecule has 66 valence electrons. The molecule has 0 amide bonds. The number of imidazole rings is 1. The predicted octanol–water partition coefficient (Wildman–Crippen LogP) is 2.47. The van der Waals surface area contributed by atoms with Gasteiger partial charge in [0.05, 0.1) is 0 Å². The second-order valence-electron chi connectivity index (χ2n) is 2.86. The largest absolute Gasteiger partial charge is 0.304 e. The molecule has 0 saturated carbocycles. The number of hydrogen-bond donors (Lipinski definition) is 1. The van der Waals surface area contributed by atoms with Crippen LogP contribution in [0.1, 0.15) is 5.82 Å². The van der Waals surface area contributed by atoms with Crippen LogP contribution in [0.15, 0.2) is 41.6 Å². The third kappa shape index (κ3) is 1.60. The van der Waals surface area contributed by atoms with Crippen LogP contribution >= 0.6 is 12.6 Å². The Morgan fingerprint density at radius 2 is 1.92 bits per heavy atom. The standard InChI is InChI=1S/C10H10N2S/c1-8-11-6-7-12(8)9-2-4-10(13)5-3-9/h2-7,13H,1H3. The summed E-state index contributed by atoms with van der Waals surface area (Å²) in [5, 5.41) is 0. The molecule has 2 rings (SSSR count). The zero-order valence-electron chi connectivity index (χ0n) is 7.31. The zero-order chi connectivity index (χ0) is 9.26. The topological polar surface area (TPSA) is 17.8 Å². The van der Waals surface area contributed by atoms with Gasteiger partial charge in [0, 0.05) is 23.0 Å².